The molecule has 0 aliphatic heterocycles. The molecule has 7 nitrogen and oxygen atoms in total. The molecule has 4 rings (SSSR count). The second-order valence-electron chi connectivity index (χ2n) is 7.34. The topological polar surface area (TPSA) is 82.5 Å². The van der Waals surface area contributed by atoms with Gasteiger partial charge in [-0.05, 0) is 42.0 Å². The van der Waals surface area contributed by atoms with Crippen LogP contribution in [0.25, 0.3) is 10.9 Å². The van der Waals surface area contributed by atoms with Crippen LogP contribution in [0.5, 0.6) is 11.5 Å². The van der Waals surface area contributed by atoms with Gasteiger partial charge < -0.3 is 14.8 Å². The average molecular weight is 496 g/mol. The molecular formula is C25H22ClN3O4S. The van der Waals surface area contributed by atoms with E-state index >= 15 is 0 Å². The Morgan fingerprint density at radius 3 is 2.59 bits per heavy atom. The number of hydrogen-bond acceptors (Lipinski definition) is 6. The first-order valence-corrected chi connectivity index (χ1v) is 11.7. The standard InChI is InChI=1S/C25H22ClN3O4S/c1-32-21-11-10-18(13-22(21)33-2)27-23(30)15-34-25-28-20-9-4-3-8-19(20)24(31)29(25)14-16-6-5-7-17(26)12-16/h3-13H,14-15H2,1-2H3,(H,27,30). The maximum Gasteiger partial charge on any atom is 0.262 e. The minimum absolute atomic E-state index is 0.0642. The van der Waals surface area contributed by atoms with Crippen molar-refractivity contribution in [3.63, 3.8) is 0 Å². The highest BCUT2D eigenvalue weighted by atomic mass is 35.5. The van der Waals surface area contributed by atoms with Crippen LogP contribution in [-0.4, -0.2) is 35.4 Å². The molecule has 0 saturated carbocycles. The Balaban J connectivity index is 1.58. The van der Waals surface area contributed by atoms with Crippen molar-refractivity contribution in [3.8, 4) is 11.5 Å². The second kappa shape index (κ2) is 10.6. The van der Waals surface area contributed by atoms with Crippen LogP contribution in [0.15, 0.2) is 76.7 Å². The van der Waals surface area contributed by atoms with Crippen molar-refractivity contribution in [3.05, 3.63) is 87.7 Å². The third-order valence-corrected chi connectivity index (χ3v) is 6.27. The zero-order valence-corrected chi connectivity index (χ0v) is 20.2. The van der Waals surface area contributed by atoms with Crippen molar-refractivity contribution in [1.82, 2.24) is 9.55 Å². The van der Waals surface area contributed by atoms with Crippen LogP contribution in [-0.2, 0) is 11.3 Å². The van der Waals surface area contributed by atoms with Crippen molar-refractivity contribution in [2.45, 2.75) is 11.7 Å². The molecule has 0 unspecified atom stereocenters. The van der Waals surface area contributed by atoms with Crippen LogP contribution in [0.3, 0.4) is 0 Å². The van der Waals surface area contributed by atoms with Gasteiger partial charge >= 0.3 is 0 Å². The molecule has 1 N–H and O–H groups in total. The molecule has 9 heteroatoms. The third kappa shape index (κ3) is 5.35. The molecular weight excluding hydrogens is 474 g/mol. The lowest BCUT2D eigenvalue weighted by Crippen LogP contribution is -2.25. The Bertz CT molecular complexity index is 1410. The van der Waals surface area contributed by atoms with Crippen molar-refractivity contribution >= 4 is 45.9 Å². The molecule has 0 atom stereocenters. The van der Waals surface area contributed by atoms with Crippen LogP contribution in [0.2, 0.25) is 5.02 Å². The fourth-order valence-electron chi connectivity index (χ4n) is 3.46. The number of carbonyl (C=O) groups is 1. The number of amides is 1. The van der Waals surface area contributed by atoms with Gasteiger partial charge in [-0.25, -0.2) is 4.98 Å². The van der Waals surface area contributed by atoms with Crippen molar-refractivity contribution in [1.29, 1.82) is 0 Å². The summed E-state index contributed by atoms with van der Waals surface area (Å²) in [7, 11) is 3.08. The van der Waals surface area contributed by atoms with E-state index < -0.39 is 0 Å². The molecule has 3 aromatic carbocycles. The fraction of sp³-hybridized carbons (Fsp3) is 0.160. The number of anilines is 1. The number of hydrogen-bond donors (Lipinski definition) is 1. The van der Waals surface area contributed by atoms with Gasteiger partial charge in [0.15, 0.2) is 16.7 Å². The van der Waals surface area contributed by atoms with Crippen LogP contribution >= 0.6 is 23.4 Å². The normalized spacial score (nSPS) is 10.8. The Kier molecular flexibility index (Phi) is 7.40. The van der Waals surface area contributed by atoms with E-state index in [0.29, 0.717) is 38.3 Å². The highest BCUT2D eigenvalue weighted by Gasteiger charge is 2.15. The number of ether oxygens (including phenoxy) is 2. The summed E-state index contributed by atoms with van der Waals surface area (Å²) in [4.78, 5) is 30.6. The molecule has 34 heavy (non-hydrogen) atoms. The van der Waals surface area contributed by atoms with Gasteiger partial charge in [0.05, 0.1) is 37.4 Å². The maximum absolute atomic E-state index is 13.3. The summed E-state index contributed by atoms with van der Waals surface area (Å²) in [6, 6.07) is 19.6. The quantitative estimate of drug-likeness (QED) is 0.278. The van der Waals surface area contributed by atoms with Gasteiger partial charge in [-0.2, -0.15) is 0 Å². The molecule has 0 aliphatic rings. The SMILES string of the molecule is COc1ccc(NC(=O)CSc2nc3ccccc3c(=O)n2Cc2cccc(Cl)c2)cc1OC. The van der Waals surface area contributed by atoms with Crippen LogP contribution in [0.1, 0.15) is 5.56 Å². The Morgan fingerprint density at radius 2 is 1.82 bits per heavy atom. The molecule has 1 heterocycles. The zero-order chi connectivity index (χ0) is 24.1. The van der Waals surface area contributed by atoms with E-state index in [4.69, 9.17) is 21.1 Å². The van der Waals surface area contributed by atoms with Crippen molar-refractivity contribution in [2.75, 3.05) is 25.3 Å². The molecule has 0 aliphatic carbocycles. The van der Waals surface area contributed by atoms with Gasteiger partial charge in [-0.3, -0.25) is 14.2 Å². The first-order valence-electron chi connectivity index (χ1n) is 10.4. The number of rotatable bonds is 8. The van der Waals surface area contributed by atoms with Gasteiger partial charge in [0, 0.05) is 16.8 Å². The Labute approximate surface area is 205 Å². The summed E-state index contributed by atoms with van der Waals surface area (Å²) in [5.74, 6) is 0.906. The molecule has 0 saturated heterocycles. The first-order chi connectivity index (χ1) is 16.5. The lowest BCUT2D eigenvalue weighted by atomic mass is 10.2. The monoisotopic (exact) mass is 495 g/mol. The number of fused-ring (bicyclic) bond motifs is 1. The highest BCUT2D eigenvalue weighted by molar-refractivity contribution is 7.99. The number of carbonyl (C=O) groups excluding carboxylic acids is 1. The number of nitrogens with one attached hydrogen (secondary N) is 1. The fourth-order valence-corrected chi connectivity index (χ4v) is 4.47. The van der Waals surface area contributed by atoms with Gasteiger partial charge in [0.25, 0.3) is 5.56 Å². The lowest BCUT2D eigenvalue weighted by Gasteiger charge is -2.14. The Hall–Kier alpha value is -3.49. The highest BCUT2D eigenvalue weighted by Crippen LogP contribution is 2.30. The molecule has 4 aromatic rings. The van der Waals surface area contributed by atoms with E-state index in [9.17, 15) is 9.59 Å². The summed E-state index contributed by atoms with van der Waals surface area (Å²) in [6.45, 7) is 0.289. The maximum atomic E-state index is 13.3. The molecule has 1 amide bonds. The summed E-state index contributed by atoms with van der Waals surface area (Å²) in [5.41, 5.74) is 1.85. The van der Waals surface area contributed by atoms with Crippen LogP contribution < -0.4 is 20.3 Å². The Morgan fingerprint density at radius 1 is 1.03 bits per heavy atom. The zero-order valence-electron chi connectivity index (χ0n) is 18.6. The largest absolute Gasteiger partial charge is 0.493 e. The van der Waals surface area contributed by atoms with E-state index in [-0.39, 0.29) is 23.8 Å². The van der Waals surface area contributed by atoms with E-state index in [2.05, 4.69) is 10.3 Å². The molecule has 174 valence electrons. The van der Waals surface area contributed by atoms with Crippen molar-refractivity contribution in [2.24, 2.45) is 0 Å². The van der Waals surface area contributed by atoms with Gasteiger partial charge in [0.2, 0.25) is 5.91 Å². The number of methoxy groups -OCH3 is 2. The van der Waals surface area contributed by atoms with E-state index in [0.717, 1.165) is 5.56 Å². The molecule has 0 spiro atoms. The summed E-state index contributed by atoms with van der Waals surface area (Å²) < 4.78 is 12.1. The minimum atomic E-state index is -0.242. The van der Waals surface area contributed by atoms with E-state index in [1.54, 1.807) is 60.2 Å². The van der Waals surface area contributed by atoms with Crippen LogP contribution in [0, 0.1) is 0 Å². The molecule has 1 aromatic heterocycles. The summed E-state index contributed by atoms with van der Waals surface area (Å²) >= 11 is 7.32. The molecule has 0 bridgehead atoms. The number of nitrogens with zero attached hydrogens (tertiary/aromatic N) is 2. The van der Waals surface area contributed by atoms with Crippen molar-refractivity contribution < 1.29 is 14.3 Å². The first kappa shape index (κ1) is 23.7. The van der Waals surface area contributed by atoms with Gasteiger partial charge in [-0.1, -0.05) is 47.6 Å². The summed E-state index contributed by atoms with van der Waals surface area (Å²) in [5, 5.41) is 4.39. The van der Waals surface area contributed by atoms with E-state index in [1.807, 2.05) is 18.2 Å². The minimum Gasteiger partial charge on any atom is -0.493 e. The number of aromatic nitrogens is 2. The predicted octanol–water partition coefficient (Wildman–Crippen LogP) is 4.85. The predicted molar refractivity (Wildman–Crippen MR) is 135 cm³/mol. The van der Waals surface area contributed by atoms with E-state index in [1.165, 1.54) is 18.9 Å². The van der Waals surface area contributed by atoms with Crippen LogP contribution in [0.4, 0.5) is 5.69 Å². The number of benzene rings is 3. The lowest BCUT2D eigenvalue weighted by molar-refractivity contribution is -0.113. The molecule has 0 radical (unpaired) electrons. The molecule has 0 fully saturated rings. The third-order valence-electron chi connectivity index (χ3n) is 5.06. The van der Waals surface area contributed by atoms with Gasteiger partial charge in [-0.15, -0.1) is 0 Å². The smallest absolute Gasteiger partial charge is 0.262 e. The average Bonchev–Trinajstić information content (AvgIpc) is 2.84. The summed E-state index contributed by atoms with van der Waals surface area (Å²) in [6.07, 6.45) is 0. The number of halogens is 1. The number of para-hydroxylation sites is 1. The number of thioether (sulfide) groups is 1. The second-order valence-corrected chi connectivity index (χ2v) is 8.72. The van der Waals surface area contributed by atoms with Gasteiger partial charge in [0.1, 0.15) is 0 Å².